The summed E-state index contributed by atoms with van der Waals surface area (Å²) in [4.78, 5) is 9.74. The average Bonchev–Trinajstić information content (AvgIpc) is 2.63. The SMILES string of the molecule is CCCCCCCCC(CCCCCC)COP(=O)(O)OCC(O)CCl. The molecule has 0 aromatic heterocycles. The van der Waals surface area contributed by atoms with Gasteiger partial charge in [-0.15, -0.1) is 11.6 Å². The topological polar surface area (TPSA) is 76.0 Å². The molecule has 0 aliphatic rings. The molecule has 7 heteroatoms. The highest BCUT2D eigenvalue weighted by molar-refractivity contribution is 7.47. The number of phosphoric ester groups is 1. The third-order valence-electron chi connectivity index (χ3n) is 4.51. The first-order valence-corrected chi connectivity index (χ1v) is 12.3. The fourth-order valence-corrected chi connectivity index (χ4v) is 3.77. The summed E-state index contributed by atoms with van der Waals surface area (Å²) in [6, 6.07) is 0. The van der Waals surface area contributed by atoms with Crippen LogP contribution in [0.3, 0.4) is 0 Å². The zero-order valence-corrected chi connectivity index (χ0v) is 18.4. The smallest absolute Gasteiger partial charge is 0.389 e. The van der Waals surface area contributed by atoms with Crippen LogP contribution in [0, 0.1) is 5.92 Å². The van der Waals surface area contributed by atoms with Gasteiger partial charge >= 0.3 is 7.82 Å². The minimum atomic E-state index is -4.13. The van der Waals surface area contributed by atoms with E-state index in [-0.39, 0.29) is 25.0 Å². The normalized spacial score (nSPS) is 16.3. The third-order valence-corrected chi connectivity index (χ3v) is 5.82. The lowest BCUT2D eigenvalue weighted by molar-refractivity contribution is 0.0766. The van der Waals surface area contributed by atoms with E-state index in [1.165, 1.54) is 51.4 Å². The molecule has 0 bridgehead atoms. The Labute approximate surface area is 165 Å². The first-order valence-electron chi connectivity index (χ1n) is 10.3. The van der Waals surface area contributed by atoms with Gasteiger partial charge in [-0.1, -0.05) is 78.1 Å². The van der Waals surface area contributed by atoms with Crippen molar-refractivity contribution in [2.45, 2.75) is 97.0 Å². The van der Waals surface area contributed by atoms with Crippen LogP contribution in [0.1, 0.15) is 90.9 Å². The lowest BCUT2D eigenvalue weighted by Gasteiger charge is -2.20. The molecule has 2 N–H and O–H groups in total. The molecule has 0 fully saturated rings. The second-order valence-electron chi connectivity index (χ2n) is 7.14. The molecule has 0 aromatic carbocycles. The molecule has 0 aromatic rings. The maximum absolute atomic E-state index is 11.9. The van der Waals surface area contributed by atoms with Crippen LogP contribution in [0.25, 0.3) is 0 Å². The molecule has 0 saturated carbocycles. The Morgan fingerprint density at radius 1 is 0.846 bits per heavy atom. The number of alkyl halides is 1. The van der Waals surface area contributed by atoms with E-state index >= 15 is 0 Å². The molecule has 0 rings (SSSR count). The van der Waals surface area contributed by atoms with Crippen LogP contribution in [0.4, 0.5) is 0 Å². The Morgan fingerprint density at radius 3 is 1.85 bits per heavy atom. The van der Waals surface area contributed by atoms with E-state index in [4.69, 9.17) is 20.6 Å². The maximum atomic E-state index is 11.9. The number of hydrogen-bond donors (Lipinski definition) is 2. The van der Waals surface area contributed by atoms with Crippen LogP contribution in [0.15, 0.2) is 0 Å². The molecule has 0 heterocycles. The highest BCUT2D eigenvalue weighted by Crippen LogP contribution is 2.44. The number of rotatable bonds is 19. The molecule has 0 aliphatic carbocycles. The van der Waals surface area contributed by atoms with Crippen molar-refractivity contribution in [3.05, 3.63) is 0 Å². The first-order chi connectivity index (χ1) is 12.4. The largest absolute Gasteiger partial charge is 0.472 e. The van der Waals surface area contributed by atoms with E-state index in [1.807, 2.05) is 0 Å². The Bertz CT molecular complexity index is 357. The van der Waals surface area contributed by atoms with Crippen LogP contribution >= 0.6 is 19.4 Å². The zero-order valence-electron chi connectivity index (χ0n) is 16.7. The molecular formula is C19H40ClO5P. The summed E-state index contributed by atoms with van der Waals surface area (Å²) < 4.78 is 21.9. The van der Waals surface area contributed by atoms with E-state index < -0.39 is 13.9 Å². The molecule has 0 saturated heterocycles. The fraction of sp³-hybridized carbons (Fsp3) is 1.00. The molecule has 3 unspecified atom stereocenters. The maximum Gasteiger partial charge on any atom is 0.472 e. The third kappa shape index (κ3) is 16.5. The van der Waals surface area contributed by atoms with Crippen molar-refractivity contribution < 1.29 is 23.6 Å². The van der Waals surface area contributed by atoms with Crippen LogP contribution in [0.2, 0.25) is 0 Å². The first kappa shape index (κ1) is 26.4. The Kier molecular flexibility index (Phi) is 17.7. The average molecular weight is 415 g/mol. The highest BCUT2D eigenvalue weighted by atomic mass is 35.5. The molecule has 5 nitrogen and oxygen atoms in total. The van der Waals surface area contributed by atoms with Crippen molar-refractivity contribution >= 4 is 19.4 Å². The summed E-state index contributed by atoms with van der Waals surface area (Å²) in [5, 5.41) is 9.33. The monoisotopic (exact) mass is 414 g/mol. The Balaban J connectivity index is 4.20. The summed E-state index contributed by atoms with van der Waals surface area (Å²) >= 11 is 5.45. The molecule has 0 radical (unpaired) electrons. The number of phosphoric acid groups is 1. The number of halogens is 1. The van der Waals surface area contributed by atoms with Crippen LogP contribution in [-0.4, -0.2) is 35.2 Å². The van der Waals surface area contributed by atoms with E-state index in [0.717, 1.165) is 25.7 Å². The van der Waals surface area contributed by atoms with Crippen molar-refractivity contribution in [2.24, 2.45) is 5.92 Å². The van der Waals surface area contributed by atoms with Crippen molar-refractivity contribution in [2.75, 3.05) is 19.1 Å². The second kappa shape index (κ2) is 17.5. The molecule has 0 aliphatic heterocycles. The zero-order chi connectivity index (χ0) is 19.7. The molecule has 0 amide bonds. The van der Waals surface area contributed by atoms with Crippen molar-refractivity contribution in [1.82, 2.24) is 0 Å². The number of aliphatic hydroxyl groups is 1. The van der Waals surface area contributed by atoms with E-state index in [0.29, 0.717) is 0 Å². The van der Waals surface area contributed by atoms with Crippen molar-refractivity contribution in [3.8, 4) is 0 Å². The van der Waals surface area contributed by atoms with E-state index in [9.17, 15) is 14.6 Å². The quantitative estimate of drug-likeness (QED) is 0.153. The lowest BCUT2D eigenvalue weighted by atomic mass is 9.95. The number of hydrogen-bond acceptors (Lipinski definition) is 4. The summed E-state index contributed by atoms with van der Waals surface area (Å²) in [5.74, 6) is 0.234. The molecule has 3 atom stereocenters. The Hall–Kier alpha value is 0.360. The Morgan fingerprint density at radius 2 is 1.31 bits per heavy atom. The minimum absolute atomic E-state index is 0.0436. The summed E-state index contributed by atoms with van der Waals surface area (Å²) in [7, 11) is -4.13. The van der Waals surface area contributed by atoms with Gasteiger partial charge < -0.3 is 10.00 Å². The molecule has 26 heavy (non-hydrogen) atoms. The van der Waals surface area contributed by atoms with Gasteiger partial charge in [0.25, 0.3) is 0 Å². The summed E-state index contributed by atoms with van der Waals surface area (Å²) in [6.45, 7) is 4.33. The number of unbranched alkanes of at least 4 members (excludes halogenated alkanes) is 8. The van der Waals surface area contributed by atoms with E-state index in [1.54, 1.807) is 0 Å². The van der Waals surface area contributed by atoms with Gasteiger partial charge in [0.15, 0.2) is 0 Å². The van der Waals surface area contributed by atoms with Crippen molar-refractivity contribution in [1.29, 1.82) is 0 Å². The predicted molar refractivity (Wildman–Crippen MR) is 109 cm³/mol. The van der Waals surface area contributed by atoms with Gasteiger partial charge in [0, 0.05) is 0 Å². The number of aliphatic hydroxyl groups excluding tert-OH is 1. The summed E-state index contributed by atoms with van der Waals surface area (Å²) in [5.41, 5.74) is 0. The minimum Gasteiger partial charge on any atom is -0.389 e. The molecule has 0 spiro atoms. The van der Waals surface area contributed by atoms with Gasteiger partial charge in [-0.3, -0.25) is 9.05 Å². The van der Waals surface area contributed by atoms with Crippen molar-refractivity contribution in [3.63, 3.8) is 0 Å². The van der Waals surface area contributed by atoms with Gasteiger partial charge in [-0.2, -0.15) is 0 Å². The van der Waals surface area contributed by atoms with Crippen LogP contribution in [0.5, 0.6) is 0 Å². The van der Waals surface area contributed by atoms with Gasteiger partial charge in [0.1, 0.15) is 0 Å². The molecular weight excluding hydrogens is 375 g/mol. The molecule has 158 valence electrons. The lowest BCUT2D eigenvalue weighted by Crippen LogP contribution is -2.17. The van der Waals surface area contributed by atoms with Crippen LogP contribution < -0.4 is 0 Å². The van der Waals surface area contributed by atoms with Gasteiger partial charge in [-0.05, 0) is 18.8 Å². The standard InChI is InChI=1S/C19H40ClO5P/c1-3-5-7-9-10-12-14-18(13-11-8-6-4-2)16-24-26(22,23)25-17-19(21)15-20/h18-19,21H,3-17H2,1-2H3,(H,22,23). The fourth-order valence-electron chi connectivity index (χ4n) is 2.85. The summed E-state index contributed by atoms with van der Waals surface area (Å²) in [6.07, 6.45) is 13.2. The van der Waals surface area contributed by atoms with Gasteiger partial charge in [-0.25, -0.2) is 4.57 Å². The van der Waals surface area contributed by atoms with Crippen LogP contribution in [-0.2, 0) is 13.6 Å². The second-order valence-corrected chi connectivity index (χ2v) is 8.90. The van der Waals surface area contributed by atoms with Gasteiger partial charge in [0.05, 0.1) is 25.2 Å². The highest BCUT2D eigenvalue weighted by Gasteiger charge is 2.24. The predicted octanol–water partition coefficient (Wildman–Crippen LogP) is 6.06. The van der Waals surface area contributed by atoms with Gasteiger partial charge in [0.2, 0.25) is 0 Å². The van der Waals surface area contributed by atoms with E-state index in [2.05, 4.69) is 13.8 Å².